The highest BCUT2D eigenvalue weighted by molar-refractivity contribution is 7.45. The van der Waals surface area contributed by atoms with Gasteiger partial charge in [0.25, 0.3) is 0 Å². The highest BCUT2D eigenvalue weighted by atomic mass is 31.2. The molecule has 0 aromatic heterocycles. The van der Waals surface area contributed by atoms with Crippen LogP contribution < -0.4 is 0 Å². The minimum atomic E-state index is -1.66. The third kappa shape index (κ3) is 2.98. The standard InChI is InChI=1S/C4H11O2P/c1-3-4(2)7(5)6/h4-6H,3H2,1-2H3. The summed E-state index contributed by atoms with van der Waals surface area (Å²) in [6.07, 6.45) is 0.846. The third-order valence-corrected chi connectivity index (χ3v) is 2.14. The Labute approximate surface area is 45.1 Å². The molecule has 0 heterocycles. The van der Waals surface area contributed by atoms with Crippen molar-refractivity contribution in [2.24, 2.45) is 0 Å². The molecule has 0 bridgehead atoms. The molecule has 0 radical (unpaired) electrons. The summed E-state index contributed by atoms with van der Waals surface area (Å²) >= 11 is 0. The summed E-state index contributed by atoms with van der Waals surface area (Å²) in [6.45, 7) is 3.76. The zero-order valence-electron chi connectivity index (χ0n) is 4.63. The fourth-order valence-corrected chi connectivity index (χ4v) is 0.490. The molecule has 0 saturated carbocycles. The lowest BCUT2D eigenvalue weighted by molar-refractivity contribution is 0.466. The van der Waals surface area contributed by atoms with Gasteiger partial charge in [-0.1, -0.05) is 13.8 Å². The van der Waals surface area contributed by atoms with Gasteiger partial charge in [-0.15, -0.1) is 0 Å². The number of hydrogen-bond acceptors (Lipinski definition) is 2. The van der Waals surface area contributed by atoms with Gasteiger partial charge in [-0.3, -0.25) is 0 Å². The van der Waals surface area contributed by atoms with Crippen LogP contribution in [0.1, 0.15) is 20.3 Å². The first-order valence-corrected chi connectivity index (χ1v) is 3.67. The topological polar surface area (TPSA) is 40.5 Å². The summed E-state index contributed by atoms with van der Waals surface area (Å²) in [4.78, 5) is 16.9. The van der Waals surface area contributed by atoms with Crippen LogP contribution in [0.2, 0.25) is 0 Å². The Morgan fingerprint density at radius 3 is 2.00 bits per heavy atom. The lowest BCUT2D eigenvalue weighted by atomic mass is 10.4. The van der Waals surface area contributed by atoms with E-state index in [2.05, 4.69) is 0 Å². The molecule has 44 valence electrons. The van der Waals surface area contributed by atoms with Crippen LogP contribution in [0.15, 0.2) is 0 Å². The smallest absolute Gasteiger partial charge is 0.167 e. The van der Waals surface area contributed by atoms with E-state index in [4.69, 9.17) is 9.79 Å². The summed E-state index contributed by atoms with van der Waals surface area (Å²) in [7, 11) is -1.66. The first kappa shape index (κ1) is 7.35. The molecule has 0 fully saturated rings. The third-order valence-electron chi connectivity index (χ3n) is 0.985. The van der Waals surface area contributed by atoms with Gasteiger partial charge in [0.15, 0.2) is 8.38 Å². The fraction of sp³-hybridized carbons (Fsp3) is 1.00. The predicted octanol–water partition coefficient (Wildman–Crippen LogP) is 1.08. The molecule has 0 aromatic rings. The summed E-state index contributed by atoms with van der Waals surface area (Å²) in [5, 5.41) is 0. The molecule has 0 aromatic carbocycles. The van der Waals surface area contributed by atoms with Gasteiger partial charge in [0, 0.05) is 5.66 Å². The van der Waals surface area contributed by atoms with E-state index >= 15 is 0 Å². The minimum Gasteiger partial charge on any atom is -0.350 e. The van der Waals surface area contributed by atoms with Gasteiger partial charge < -0.3 is 9.79 Å². The van der Waals surface area contributed by atoms with Crippen molar-refractivity contribution < 1.29 is 9.79 Å². The van der Waals surface area contributed by atoms with Gasteiger partial charge in [0.2, 0.25) is 0 Å². The minimum absolute atomic E-state index is 0.0787. The largest absolute Gasteiger partial charge is 0.350 e. The summed E-state index contributed by atoms with van der Waals surface area (Å²) in [6, 6.07) is 0. The lowest BCUT2D eigenvalue weighted by Crippen LogP contribution is -1.94. The Bertz CT molecular complexity index is 47.0. The van der Waals surface area contributed by atoms with Gasteiger partial charge in [0.1, 0.15) is 0 Å². The van der Waals surface area contributed by atoms with E-state index < -0.39 is 8.38 Å². The van der Waals surface area contributed by atoms with Crippen molar-refractivity contribution in [3.63, 3.8) is 0 Å². The molecule has 3 heteroatoms. The Kier molecular flexibility index (Phi) is 3.53. The van der Waals surface area contributed by atoms with Gasteiger partial charge in [-0.25, -0.2) is 0 Å². The quantitative estimate of drug-likeness (QED) is 0.538. The molecule has 7 heavy (non-hydrogen) atoms. The molecule has 1 unspecified atom stereocenters. The maximum absolute atomic E-state index is 8.44. The van der Waals surface area contributed by atoms with E-state index in [0.717, 1.165) is 6.42 Å². The fourth-order valence-electron chi connectivity index (χ4n) is 0.163. The van der Waals surface area contributed by atoms with Crippen molar-refractivity contribution in [2.45, 2.75) is 25.9 Å². The van der Waals surface area contributed by atoms with Crippen LogP contribution >= 0.6 is 8.38 Å². The van der Waals surface area contributed by atoms with E-state index in [0.29, 0.717) is 0 Å². The summed E-state index contributed by atoms with van der Waals surface area (Å²) in [5.74, 6) is 0. The molecule has 0 aliphatic rings. The van der Waals surface area contributed by atoms with Crippen molar-refractivity contribution in [3.8, 4) is 0 Å². The van der Waals surface area contributed by atoms with E-state index in [1.165, 1.54) is 0 Å². The second-order valence-electron chi connectivity index (χ2n) is 1.58. The monoisotopic (exact) mass is 122 g/mol. The molecule has 2 N–H and O–H groups in total. The maximum Gasteiger partial charge on any atom is 0.167 e. The zero-order chi connectivity index (χ0) is 5.86. The summed E-state index contributed by atoms with van der Waals surface area (Å²) in [5.41, 5.74) is 0.0787. The molecule has 0 amide bonds. The first-order valence-electron chi connectivity index (χ1n) is 2.35. The average molecular weight is 122 g/mol. The van der Waals surface area contributed by atoms with Crippen LogP contribution in [0.25, 0.3) is 0 Å². The molecular weight excluding hydrogens is 111 g/mol. The van der Waals surface area contributed by atoms with Crippen molar-refractivity contribution in [3.05, 3.63) is 0 Å². The second-order valence-corrected chi connectivity index (χ2v) is 3.10. The van der Waals surface area contributed by atoms with Crippen LogP contribution in [0.3, 0.4) is 0 Å². The van der Waals surface area contributed by atoms with Crippen molar-refractivity contribution in [1.82, 2.24) is 0 Å². The van der Waals surface area contributed by atoms with Gasteiger partial charge in [-0.2, -0.15) is 0 Å². The van der Waals surface area contributed by atoms with Crippen molar-refractivity contribution in [1.29, 1.82) is 0 Å². The van der Waals surface area contributed by atoms with E-state index in [9.17, 15) is 0 Å². The second kappa shape index (κ2) is 3.36. The molecular formula is C4H11O2P. The summed E-state index contributed by atoms with van der Waals surface area (Å²) < 4.78 is 0. The predicted molar refractivity (Wildman–Crippen MR) is 31.1 cm³/mol. The molecule has 0 aliphatic heterocycles. The van der Waals surface area contributed by atoms with Crippen LogP contribution in [0.5, 0.6) is 0 Å². The van der Waals surface area contributed by atoms with E-state index in [1.54, 1.807) is 0 Å². The zero-order valence-corrected chi connectivity index (χ0v) is 5.52. The average Bonchev–Trinajstić information content (AvgIpc) is 1.65. The first-order chi connectivity index (χ1) is 3.18. The highest BCUT2D eigenvalue weighted by Crippen LogP contribution is 2.31. The SMILES string of the molecule is CCC(C)P(O)O. The van der Waals surface area contributed by atoms with Crippen molar-refractivity contribution in [2.75, 3.05) is 0 Å². The van der Waals surface area contributed by atoms with Crippen LogP contribution in [-0.4, -0.2) is 15.4 Å². The molecule has 0 rings (SSSR count). The molecule has 0 aliphatic carbocycles. The Hall–Kier alpha value is 0.350. The Morgan fingerprint density at radius 2 is 2.00 bits per heavy atom. The number of hydrogen-bond donors (Lipinski definition) is 2. The van der Waals surface area contributed by atoms with Crippen LogP contribution in [0.4, 0.5) is 0 Å². The maximum atomic E-state index is 8.44. The van der Waals surface area contributed by atoms with Crippen molar-refractivity contribution >= 4 is 8.38 Å². The Morgan fingerprint density at radius 1 is 1.57 bits per heavy atom. The van der Waals surface area contributed by atoms with Gasteiger partial charge >= 0.3 is 0 Å². The normalized spacial score (nSPS) is 15.0. The Balaban J connectivity index is 3.14. The molecule has 1 atom stereocenters. The van der Waals surface area contributed by atoms with Gasteiger partial charge in [0.05, 0.1) is 0 Å². The van der Waals surface area contributed by atoms with E-state index in [-0.39, 0.29) is 5.66 Å². The number of rotatable bonds is 2. The highest BCUT2D eigenvalue weighted by Gasteiger charge is 2.06. The lowest BCUT2D eigenvalue weighted by Gasteiger charge is -2.06. The van der Waals surface area contributed by atoms with Gasteiger partial charge in [-0.05, 0) is 6.42 Å². The van der Waals surface area contributed by atoms with Crippen LogP contribution in [0, 0.1) is 0 Å². The molecule has 0 spiro atoms. The van der Waals surface area contributed by atoms with Crippen LogP contribution in [-0.2, 0) is 0 Å². The van der Waals surface area contributed by atoms with E-state index in [1.807, 2.05) is 13.8 Å². The molecule has 0 saturated heterocycles. The molecule has 2 nitrogen and oxygen atoms in total.